The van der Waals surface area contributed by atoms with Crippen LogP contribution in [-0.2, 0) is 16.0 Å². The summed E-state index contributed by atoms with van der Waals surface area (Å²) in [5, 5.41) is 7.42. The summed E-state index contributed by atoms with van der Waals surface area (Å²) in [5.41, 5.74) is 0.649. The average Bonchev–Trinajstić information content (AvgIpc) is 3.03. The van der Waals surface area contributed by atoms with E-state index in [1.807, 2.05) is 4.90 Å². The molecular weight excluding hydrogens is 391 g/mol. The van der Waals surface area contributed by atoms with Gasteiger partial charge in [-0.1, -0.05) is 34.4 Å². The lowest BCUT2D eigenvalue weighted by Crippen LogP contribution is -2.50. The molecule has 0 saturated carbocycles. The number of anilines is 1. The molecule has 144 valence electrons. The highest BCUT2D eigenvalue weighted by atomic mass is 35.5. The molecule has 9 heteroatoms. The van der Waals surface area contributed by atoms with Crippen molar-refractivity contribution in [3.8, 4) is 0 Å². The zero-order valence-corrected chi connectivity index (χ0v) is 16.4. The maximum Gasteiger partial charge on any atom is 0.239 e. The van der Waals surface area contributed by atoms with Gasteiger partial charge in [-0.25, -0.2) is 0 Å². The number of hydrogen-bond acceptors (Lipinski definition) is 5. The lowest BCUT2D eigenvalue weighted by molar-refractivity contribution is -0.132. The molecule has 0 radical (unpaired) electrons. The Labute approximate surface area is 167 Å². The third kappa shape index (κ3) is 5.22. The lowest BCUT2D eigenvalue weighted by atomic mass is 10.1. The van der Waals surface area contributed by atoms with Crippen molar-refractivity contribution in [2.45, 2.75) is 13.3 Å². The molecule has 1 aliphatic heterocycles. The van der Waals surface area contributed by atoms with E-state index in [-0.39, 0.29) is 24.8 Å². The number of piperazine rings is 1. The van der Waals surface area contributed by atoms with Gasteiger partial charge < -0.3 is 14.7 Å². The maximum absolute atomic E-state index is 12.5. The highest BCUT2D eigenvalue weighted by molar-refractivity contribution is 6.36. The molecule has 7 nitrogen and oxygen atoms in total. The smallest absolute Gasteiger partial charge is 0.239 e. The number of aromatic nitrogens is 1. The second-order valence-corrected chi connectivity index (χ2v) is 7.22. The van der Waals surface area contributed by atoms with Crippen LogP contribution in [0.25, 0.3) is 0 Å². The van der Waals surface area contributed by atoms with Crippen LogP contribution in [-0.4, -0.2) is 59.5 Å². The van der Waals surface area contributed by atoms with Crippen molar-refractivity contribution < 1.29 is 14.1 Å². The zero-order chi connectivity index (χ0) is 19.4. The first kappa shape index (κ1) is 19.7. The molecule has 1 fully saturated rings. The van der Waals surface area contributed by atoms with Gasteiger partial charge in [0.05, 0.1) is 13.0 Å². The highest BCUT2D eigenvalue weighted by Crippen LogP contribution is 2.25. The normalized spacial score (nSPS) is 15.0. The number of nitrogens with zero attached hydrogens (tertiary/aromatic N) is 3. The number of nitrogens with one attached hydrogen (secondary N) is 1. The summed E-state index contributed by atoms with van der Waals surface area (Å²) in [6.07, 6.45) is 0.171. The van der Waals surface area contributed by atoms with E-state index < -0.39 is 0 Å². The van der Waals surface area contributed by atoms with Crippen LogP contribution in [0.15, 0.2) is 28.8 Å². The van der Waals surface area contributed by atoms with Gasteiger partial charge in [-0.05, 0) is 24.6 Å². The van der Waals surface area contributed by atoms with Gasteiger partial charge in [-0.3, -0.25) is 14.5 Å². The van der Waals surface area contributed by atoms with Crippen molar-refractivity contribution in [2.75, 3.05) is 38.0 Å². The van der Waals surface area contributed by atoms with E-state index in [0.29, 0.717) is 53.4 Å². The van der Waals surface area contributed by atoms with Crippen LogP contribution in [0.5, 0.6) is 0 Å². The average molecular weight is 411 g/mol. The Morgan fingerprint density at radius 3 is 2.44 bits per heavy atom. The van der Waals surface area contributed by atoms with E-state index in [2.05, 4.69) is 10.5 Å². The largest absolute Gasteiger partial charge is 0.360 e. The van der Waals surface area contributed by atoms with Crippen LogP contribution in [0.4, 0.5) is 5.82 Å². The first-order valence-electron chi connectivity index (χ1n) is 8.58. The number of amides is 2. The Bertz CT molecular complexity index is 812. The minimum absolute atomic E-state index is 0.0211. The zero-order valence-electron chi connectivity index (χ0n) is 14.9. The molecule has 1 aromatic heterocycles. The molecule has 1 saturated heterocycles. The van der Waals surface area contributed by atoms with Gasteiger partial charge in [0, 0.05) is 42.3 Å². The van der Waals surface area contributed by atoms with E-state index >= 15 is 0 Å². The van der Waals surface area contributed by atoms with Crippen LogP contribution in [0.1, 0.15) is 11.3 Å². The topological polar surface area (TPSA) is 78.7 Å². The molecule has 0 aliphatic carbocycles. The summed E-state index contributed by atoms with van der Waals surface area (Å²) < 4.78 is 4.92. The summed E-state index contributed by atoms with van der Waals surface area (Å²) in [7, 11) is 0. The molecule has 1 aromatic carbocycles. The van der Waals surface area contributed by atoms with Crippen LogP contribution in [0.3, 0.4) is 0 Å². The highest BCUT2D eigenvalue weighted by Gasteiger charge is 2.23. The Kier molecular flexibility index (Phi) is 6.36. The van der Waals surface area contributed by atoms with Crippen molar-refractivity contribution in [3.05, 3.63) is 45.6 Å². The second-order valence-electron chi connectivity index (χ2n) is 6.40. The number of carbonyl (C=O) groups is 2. The van der Waals surface area contributed by atoms with Crippen LogP contribution < -0.4 is 5.32 Å². The minimum Gasteiger partial charge on any atom is -0.360 e. The van der Waals surface area contributed by atoms with E-state index in [9.17, 15) is 9.59 Å². The standard InChI is InChI=1S/C18H20Cl2N4O3/c1-12-9-16(22-27-12)21-17(25)11-23-5-7-24(8-6-23)18(26)10-13-14(19)3-2-4-15(13)20/h2-4,9H,5-8,10-11H2,1H3,(H,21,22,25). The number of benzene rings is 1. The Morgan fingerprint density at radius 2 is 1.85 bits per heavy atom. The lowest BCUT2D eigenvalue weighted by Gasteiger charge is -2.34. The predicted octanol–water partition coefficient (Wildman–Crippen LogP) is 2.62. The molecule has 0 atom stereocenters. The minimum atomic E-state index is -0.161. The fraction of sp³-hybridized carbons (Fsp3) is 0.389. The van der Waals surface area contributed by atoms with Gasteiger partial charge in [-0.2, -0.15) is 0 Å². The molecule has 1 N–H and O–H groups in total. The van der Waals surface area contributed by atoms with Crippen molar-refractivity contribution >= 4 is 40.8 Å². The summed E-state index contributed by atoms with van der Waals surface area (Å²) >= 11 is 12.3. The summed E-state index contributed by atoms with van der Waals surface area (Å²) in [6.45, 7) is 4.34. The van der Waals surface area contributed by atoms with Gasteiger partial charge in [0.1, 0.15) is 5.76 Å². The Hall–Kier alpha value is -2.09. The molecular formula is C18H20Cl2N4O3. The molecule has 2 amide bonds. The number of hydrogen-bond donors (Lipinski definition) is 1. The van der Waals surface area contributed by atoms with Gasteiger partial charge in [0.15, 0.2) is 5.82 Å². The Morgan fingerprint density at radius 1 is 1.19 bits per heavy atom. The van der Waals surface area contributed by atoms with E-state index in [1.165, 1.54) is 0 Å². The van der Waals surface area contributed by atoms with Crippen molar-refractivity contribution in [2.24, 2.45) is 0 Å². The van der Waals surface area contributed by atoms with Gasteiger partial charge >= 0.3 is 0 Å². The third-order valence-corrected chi connectivity index (χ3v) is 5.09. The first-order chi connectivity index (χ1) is 12.9. The van der Waals surface area contributed by atoms with Crippen molar-refractivity contribution in [3.63, 3.8) is 0 Å². The number of rotatable bonds is 5. The second kappa shape index (κ2) is 8.73. The van der Waals surface area contributed by atoms with Gasteiger partial charge in [0.2, 0.25) is 11.8 Å². The summed E-state index contributed by atoms with van der Waals surface area (Å²) in [4.78, 5) is 28.4. The van der Waals surface area contributed by atoms with Crippen LogP contribution in [0, 0.1) is 6.92 Å². The quantitative estimate of drug-likeness (QED) is 0.819. The van der Waals surface area contributed by atoms with Crippen LogP contribution >= 0.6 is 23.2 Å². The summed E-state index contributed by atoms with van der Waals surface area (Å²) in [5.74, 6) is 0.858. The van der Waals surface area contributed by atoms with Gasteiger partial charge in [0.25, 0.3) is 0 Å². The SMILES string of the molecule is Cc1cc(NC(=O)CN2CCN(C(=O)Cc3c(Cl)cccc3Cl)CC2)no1. The van der Waals surface area contributed by atoms with E-state index in [4.69, 9.17) is 27.7 Å². The molecule has 2 heterocycles. The summed E-state index contributed by atoms with van der Waals surface area (Å²) in [6, 6.07) is 6.86. The molecule has 2 aromatic rings. The molecule has 3 rings (SSSR count). The van der Waals surface area contributed by atoms with E-state index in [1.54, 1.807) is 36.1 Å². The van der Waals surface area contributed by atoms with Crippen LogP contribution in [0.2, 0.25) is 10.0 Å². The van der Waals surface area contributed by atoms with Gasteiger partial charge in [-0.15, -0.1) is 0 Å². The fourth-order valence-corrected chi connectivity index (χ4v) is 3.46. The van der Waals surface area contributed by atoms with E-state index in [0.717, 1.165) is 0 Å². The molecule has 0 unspecified atom stereocenters. The Balaban J connectivity index is 1.47. The third-order valence-electron chi connectivity index (χ3n) is 4.38. The van der Waals surface area contributed by atoms with Crippen molar-refractivity contribution in [1.82, 2.24) is 15.0 Å². The predicted molar refractivity (Wildman–Crippen MR) is 103 cm³/mol. The molecule has 1 aliphatic rings. The van der Waals surface area contributed by atoms with Crippen molar-refractivity contribution in [1.29, 1.82) is 0 Å². The monoisotopic (exact) mass is 410 g/mol. The fourth-order valence-electron chi connectivity index (χ4n) is 2.93. The molecule has 0 bridgehead atoms. The number of aryl methyl sites for hydroxylation is 1. The number of carbonyl (C=O) groups excluding carboxylic acids is 2. The molecule has 27 heavy (non-hydrogen) atoms. The maximum atomic E-state index is 12.5. The first-order valence-corrected chi connectivity index (χ1v) is 9.34. The molecule has 0 spiro atoms. The number of halogens is 2.